The summed E-state index contributed by atoms with van der Waals surface area (Å²) >= 11 is 0. The van der Waals surface area contributed by atoms with Crippen molar-refractivity contribution >= 4 is 15.8 Å². The highest BCUT2D eigenvalue weighted by molar-refractivity contribution is 7.91. The zero-order chi connectivity index (χ0) is 13.3. The van der Waals surface area contributed by atoms with Crippen molar-refractivity contribution in [2.24, 2.45) is 5.92 Å². The first-order valence-electron chi connectivity index (χ1n) is 5.57. The number of aromatic nitrogens is 2. The van der Waals surface area contributed by atoms with E-state index in [1.165, 1.54) is 4.68 Å². The molecule has 7 nitrogen and oxygen atoms in total. The maximum atomic E-state index is 11.3. The molecular weight excluding hydrogens is 260 g/mol. The second kappa shape index (κ2) is 4.60. The van der Waals surface area contributed by atoms with Crippen LogP contribution >= 0.6 is 0 Å². The molecule has 0 saturated carbocycles. The third-order valence-electron chi connectivity index (χ3n) is 3.13. The Morgan fingerprint density at radius 3 is 2.61 bits per heavy atom. The van der Waals surface area contributed by atoms with E-state index < -0.39 is 15.8 Å². The summed E-state index contributed by atoms with van der Waals surface area (Å²) in [6.07, 6.45) is 2.09. The highest BCUT2D eigenvalue weighted by atomic mass is 32.2. The molecule has 0 aromatic carbocycles. The number of carboxylic acids is 1. The van der Waals surface area contributed by atoms with Gasteiger partial charge in [-0.1, -0.05) is 0 Å². The molecule has 0 radical (unpaired) electrons. The van der Waals surface area contributed by atoms with Gasteiger partial charge in [0.2, 0.25) is 0 Å². The van der Waals surface area contributed by atoms with Gasteiger partial charge in [-0.25, -0.2) is 13.2 Å². The minimum absolute atomic E-state index is 0.0749. The Balaban J connectivity index is 2.09. The highest BCUT2D eigenvalue weighted by Gasteiger charge is 2.26. The summed E-state index contributed by atoms with van der Waals surface area (Å²) in [6.45, 7) is 0.317. The number of hydrogen-bond acceptors (Lipinski definition) is 5. The first kappa shape index (κ1) is 12.9. The van der Waals surface area contributed by atoms with Crippen molar-refractivity contribution in [3.63, 3.8) is 0 Å². The molecule has 1 aromatic rings. The lowest BCUT2D eigenvalue weighted by Crippen LogP contribution is -2.27. The van der Waals surface area contributed by atoms with Gasteiger partial charge in [-0.15, -0.1) is 0 Å². The van der Waals surface area contributed by atoms with Gasteiger partial charge >= 0.3 is 5.97 Å². The molecule has 100 valence electrons. The molecule has 0 unspecified atom stereocenters. The standard InChI is InChI=1S/C10H14N2O5S/c13-8-5-11-12(9(8)10(14)15)6-7-1-3-18(16,17)4-2-7/h5,7,13H,1-4,6H2,(H,14,15). The predicted octanol–water partition coefficient (Wildman–Crippen LogP) is 0.112. The predicted molar refractivity (Wildman–Crippen MR) is 62.2 cm³/mol. The Morgan fingerprint density at radius 2 is 2.06 bits per heavy atom. The number of carbonyl (C=O) groups is 1. The van der Waals surface area contributed by atoms with Crippen LogP contribution < -0.4 is 0 Å². The maximum Gasteiger partial charge on any atom is 0.358 e. The minimum atomic E-state index is -2.92. The van der Waals surface area contributed by atoms with Gasteiger partial charge in [0.05, 0.1) is 17.7 Å². The molecule has 1 saturated heterocycles. The molecule has 1 aromatic heterocycles. The average molecular weight is 274 g/mol. The van der Waals surface area contributed by atoms with Gasteiger partial charge in [-0.3, -0.25) is 4.68 Å². The van der Waals surface area contributed by atoms with Gasteiger partial charge in [0.1, 0.15) is 9.84 Å². The molecule has 2 heterocycles. The van der Waals surface area contributed by atoms with Crippen molar-refractivity contribution in [3.8, 4) is 5.75 Å². The van der Waals surface area contributed by atoms with E-state index in [2.05, 4.69) is 5.10 Å². The van der Waals surface area contributed by atoms with E-state index in [9.17, 15) is 18.3 Å². The molecule has 1 aliphatic heterocycles. The van der Waals surface area contributed by atoms with Gasteiger partial charge in [0.25, 0.3) is 0 Å². The fraction of sp³-hybridized carbons (Fsp3) is 0.600. The zero-order valence-corrected chi connectivity index (χ0v) is 10.4. The number of aromatic hydroxyl groups is 1. The molecular formula is C10H14N2O5S. The van der Waals surface area contributed by atoms with E-state index in [1.807, 2.05) is 0 Å². The molecule has 8 heteroatoms. The third kappa shape index (κ3) is 2.63. The molecule has 0 aliphatic carbocycles. The molecule has 1 aliphatic rings. The minimum Gasteiger partial charge on any atom is -0.504 e. The van der Waals surface area contributed by atoms with E-state index >= 15 is 0 Å². The number of rotatable bonds is 3. The Kier molecular flexibility index (Phi) is 3.29. The lowest BCUT2D eigenvalue weighted by atomic mass is 10.0. The van der Waals surface area contributed by atoms with Crippen LogP contribution in [0.25, 0.3) is 0 Å². The molecule has 0 atom stereocenters. The Labute approximate surface area is 104 Å². The van der Waals surface area contributed by atoms with E-state index in [4.69, 9.17) is 5.11 Å². The van der Waals surface area contributed by atoms with Crippen molar-refractivity contribution in [1.82, 2.24) is 9.78 Å². The largest absolute Gasteiger partial charge is 0.504 e. The fourth-order valence-corrected chi connectivity index (χ4v) is 3.69. The zero-order valence-electron chi connectivity index (χ0n) is 9.61. The summed E-state index contributed by atoms with van der Waals surface area (Å²) < 4.78 is 23.8. The quantitative estimate of drug-likeness (QED) is 0.809. The number of sulfone groups is 1. The highest BCUT2D eigenvalue weighted by Crippen LogP contribution is 2.23. The van der Waals surface area contributed by atoms with Gasteiger partial charge < -0.3 is 10.2 Å². The fourth-order valence-electron chi connectivity index (χ4n) is 2.10. The van der Waals surface area contributed by atoms with E-state index in [0.717, 1.165) is 6.20 Å². The molecule has 0 bridgehead atoms. The average Bonchev–Trinajstić information content (AvgIpc) is 2.63. The molecule has 2 N–H and O–H groups in total. The summed E-state index contributed by atoms with van der Waals surface area (Å²) in [4.78, 5) is 10.9. The summed E-state index contributed by atoms with van der Waals surface area (Å²) in [7, 11) is -2.92. The first-order valence-corrected chi connectivity index (χ1v) is 7.39. The lowest BCUT2D eigenvalue weighted by molar-refractivity contribution is 0.0678. The van der Waals surface area contributed by atoms with Gasteiger partial charge in [0.15, 0.2) is 11.4 Å². The third-order valence-corrected chi connectivity index (χ3v) is 4.84. The van der Waals surface area contributed by atoms with Crippen LogP contribution in [-0.4, -0.2) is 45.9 Å². The topological polar surface area (TPSA) is 109 Å². The van der Waals surface area contributed by atoms with Crippen LogP contribution in [0.15, 0.2) is 6.20 Å². The Morgan fingerprint density at radius 1 is 1.44 bits per heavy atom. The molecule has 1 fully saturated rings. The van der Waals surface area contributed by atoms with E-state index in [1.54, 1.807) is 0 Å². The van der Waals surface area contributed by atoms with Crippen LogP contribution in [0.5, 0.6) is 5.75 Å². The van der Waals surface area contributed by atoms with Gasteiger partial charge in [0, 0.05) is 6.54 Å². The van der Waals surface area contributed by atoms with Crippen LogP contribution in [-0.2, 0) is 16.4 Å². The summed E-state index contributed by atoms with van der Waals surface area (Å²) in [5.41, 5.74) is -0.247. The Bertz CT molecular complexity index is 549. The van der Waals surface area contributed by atoms with Crippen molar-refractivity contribution in [1.29, 1.82) is 0 Å². The van der Waals surface area contributed by atoms with Crippen molar-refractivity contribution in [2.45, 2.75) is 19.4 Å². The number of carboxylic acid groups (broad SMARTS) is 1. The molecule has 0 spiro atoms. The number of aromatic carboxylic acids is 1. The second-order valence-electron chi connectivity index (χ2n) is 4.46. The lowest BCUT2D eigenvalue weighted by Gasteiger charge is -2.22. The van der Waals surface area contributed by atoms with Crippen LogP contribution in [0.3, 0.4) is 0 Å². The van der Waals surface area contributed by atoms with Gasteiger partial charge in [-0.05, 0) is 18.8 Å². The SMILES string of the molecule is O=C(O)c1c(O)cnn1CC1CCS(=O)(=O)CC1. The van der Waals surface area contributed by atoms with Crippen LogP contribution in [0.1, 0.15) is 23.3 Å². The smallest absolute Gasteiger partial charge is 0.358 e. The maximum absolute atomic E-state index is 11.3. The summed E-state index contributed by atoms with van der Waals surface area (Å²) in [5.74, 6) is -1.27. The van der Waals surface area contributed by atoms with Crippen molar-refractivity contribution in [3.05, 3.63) is 11.9 Å². The number of hydrogen-bond donors (Lipinski definition) is 2. The molecule has 2 rings (SSSR count). The van der Waals surface area contributed by atoms with Gasteiger partial charge in [-0.2, -0.15) is 5.10 Å². The van der Waals surface area contributed by atoms with E-state index in [0.29, 0.717) is 19.4 Å². The molecule has 18 heavy (non-hydrogen) atoms. The normalized spacial score (nSPS) is 19.8. The van der Waals surface area contributed by atoms with E-state index in [-0.39, 0.29) is 28.9 Å². The van der Waals surface area contributed by atoms with Crippen molar-refractivity contribution in [2.75, 3.05) is 11.5 Å². The van der Waals surface area contributed by atoms with Crippen LogP contribution in [0, 0.1) is 5.92 Å². The number of nitrogens with zero attached hydrogens (tertiary/aromatic N) is 2. The second-order valence-corrected chi connectivity index (χ2v) is 6.76. The van der Waals surface area contributed by atoms with Crippen LogP contribution in [0.4, 0.5) is 0 Å². The summed E-state index contributed by atoms with van der Waals surface area (Å²) in [6, 6.07) is 0. The molecule has 0 amide bonds. The monoisotopic (exact) mass is 274 g/mol. The van der Waals surface area contributed by atoms with Crippen LogP contribution in [0.2, 0.25) is 0 Å². The summed E-state index contributed by atoms with van der Waals surface area (Å²) in [5, 5.41) is 22.1. The Hall–Kier alpha value is -1.57. The van der Waals surface area contributed by atoms with Crippen molar-refractivity contribution < 1.29 is 23.4 Å². The first-order chi connectivity index (χ1) is 8.39.